The molecule has 156 valence electrons. The minimum atomic E-state index is -1.02. The summed E-state index contributed by atoms with van der Waals surface area (Å²) in [6, 6.07) is 6.86. The van der Waals surface area contributed by atoms with Crippen LogP contribution in [0.25, 0.3) is 0 Å². The van der Waals surface area contributed by atoms with Gasteiger partial charge in [-0.2, -0.15) is 5.10 Å². The number of nitrogens with zero attached hydrogens (tertiary/aromatic N) is 4. The van der Waals surface area contributed by atoms with Gasteiger partial charge in [-0.25, -0.2) is 9.67 Å². The third-order valence-corrected chi connectivity index (χ3v) is 4.91. The van der Waals surface area contributed by atoms with Gasteiger partial charge in [0.1, 0.15) is 36.2 Å². The SMILES string of the molecule is Cc1nc(C)n(CC(=O)N2CCOC(COc3ccc(Cl)cc3)(CC(N)=O)C2)n1. The number of halogens is 1. The lowest BCUT2D eigenvalue weighted by Gasteiger charge is -2.42. The van der Waals surface area contributed by atoms with Crippen molar-refractivity contribution >= 4 is 23.4 Å². The van der Waals surface area contributed by atoms with E-state index in [4.69, 9.17) is 26.8 Å². The van der Waals surface area contributed by atoms with Crippen LogP contribution < -0.4 is 10.5 Å². The average molecular weight is 422 g/mol. The molecule has 1 aliphatic heterocycles. The maximum absolute atomic E-state index is 12.8. The van der Waals surface area contributed by atoms with E-state index in [1.54, 1.807) is 47.7 Å². The van der Waals surface area contributed by atoms with Crippen LogP contribution in [0.15, 0.2) is 24.3 Å². The average Bonchev–Trinajstić information content (AvgIpc) is 2.98. The van der Waals surface area contributed by atoms with E-state index in [1.165, 1.54) is 0 Å². The molecule has 0 saturated carbocycles. The maximum atomic E-state index is 12.8. The fraction of sp³-hybridized carbons (Fsp3) is 0.474. The maximum Gasteiger partial charge on any atom is 0.244 e. The number of aryl methyl sites for hydroxylation is 2. The topological polar surface area (TPSA) is 113 Å². The van der Waals surface area contributed by atoms with Crippen LogP contribution in [0, 0.1) is 13.8 Å². The second kappa shape index (κ2) is 8.79. The first-order valence-electron chi connectivity index (χ1n) is 9.23. The van der Waals surface area contributed by atoms with Crippen molar-refractivity contribution in [3.05, 3.63) is 40.9 Å². The van der Waals surface area contributed by atoms with Gasteiger partial charge in [0.2, 0.25) is 11.8 Å². The van der Waals surface area contributed by atoms with E-state index in [1.807, 2.05) is 0 Å². The van der Waals surface area contributed by atoms with Gasteiger partial charge in [-0.05, 0) is 38.1 Å². The highest BCUT2D eigenvalue weighted by Crippen LogP contribution is 2.25. The molecular weight excluding hydrogens is 398 g/mol. The summed E-state index contributed by atoms with van der Waals surface area (Å²) >= 11 is 5.89. The van der Waals surface area contributed by atoms with Crippen LogP contribution in [0.5, 0.6) is 5.75 Å². The van der Waals surface area contributed by atoms with Crippen LogP contribution in [-0.4, -0.2) is 63.4 Å². The molecule has 9 nitrogen and oxygen atoms in total. The third-order valence-electron chi connectivity index (χ3n) is 4.66. The summed E-state index contributed by atoms with van der Waals surface area (Å²) in [5.74, 6) is 1.19. The number of nitrogens with two attached hydrogens (primary N) is 1. The van der Waals surface area contributed by atoms with E-state index in [2.05, 4.69) is 10.1 Å². The summed E-state index contributed by atoms with van der Waals surface area (Å²) in [5, 5.41) is 4.82. The van der Waals surface area contributed by atoms with Gasteiger partial charge in [0, 0.05) is 11.6 Å². The molecule has 29 heavy (non-hydrogen) atoms. The number of carbonyl (C=O) groups is 2. The smallest absolute Gasteiger partial charge is 0.244 e. The van der Waals surface area contributed by atoms with Crippen molar-refractivity contribution in [1.29, 1.82) is 0 Å². The van der Waals surface area contributed by atoms with Crippen molar-refractivity contribution in [2.45, 2.75) is 32.4 Å². The van der Waals surface area contributed by atoms with Crippen molar-refractivity contribution in [3.8, 4) is 5.75 Å². The quantitative estimate of drug-likeness (QED) is 0.716. The lowest BCUT2D eigenvalue weighted by molar-refractivity contribution is -0.162. The van der Waals surface area contributed by atoms with Crippen LogP contribution in [-0.2, 0) is 20.9 Å². The zero-order valence-corrected chi connectivity index (χ0v) is 17.2. The number of primary amides is 1. The molecule has 1 aromatic heterocycles. The van der Waals surface area contributed by atoms with Crippen LogP contribution in [0.1, 0.15) is 18.1 Å². The van der Waals surface area contributed by atoms with E-state index >= 15 is 0 Å². The Kier molecular flexibility index (Phi) is 6.39. The largest absolute Gasteiger partial charge is 0.490 e. The Bertz CT molecular complexity index is 885. The Hall–Kier alpha value is -2.65. The van der Waals surface area contributed by atoms with Gasteiger partial charge < -0.3 is 20.1 Å². The first-order valence-corrected chi connectivity index (χ1v) is 9.61. The molecular formula is C19H24ClN5O4. The van der Waals surface area contributed by atoms with Gasteiger partial charge in [-0.1, -0.05) is 11.6 Å². The highest BCUT2D eigenvalue weighted by atomic mass is 35.5. The summed E-state index contributed by atoms with van der Waals surface area (Å²) in [4.78, 5) is 30.4. The van der Waals surface area contributed by atoms with Gasteiger partial charge in [0.25, 0.3) is 0 Å². The molecule has 0 bridgehead atoms. The summed E-state index contributed by atoms with van der Waals surface area (Å²) in [6.07, 6.45) is -0.0637. The van der Waals surface area contributed by atoms with Crippen LogP contribution in [0.2, 0.25) is 5.02 Å². The normalized spacial score (nSPS) is 19.2. The first-order chi connectivity index (χ1) is 13.8. The second-order valence-corrected chi connectivity index (χ2v) is 7.53. The number of carbonyl (C=O) groups excluding carboxylic acids is 2. The van der Waals surface area contributed by atoms with Gasteiger partial charge in [-0.3, -0.25) is 9.59 Å². The zero-order chi connectivity index (χ0) is 21.0. The third kappa shape index (κ3) is 5.45. The number of hydrogen-bond acceptors (Lipinski definition) is 6. The highest BCUT2D eigenvalue weighted by Gasteiger charge is 2.41. The van der Waals surface area contributed by atoms with E-state index in [0.717, 1.165) is 0 Å². The minimum Gasteiger partial charge on any atom is -0.490 e. The van der Waals surface area contributed by atoms with Gasteiger partial charge in [-0.15, -0.1) is 0 Å². The molecule has 1 saturated heterocycles. The Morgan fingerprint density at radius 2 is 2.03 bits per heavy atom. The van der Waals surface area contributed by atoms with Crippen molar-refractivity contribution in [3.63, 3.8) is 0 Å². The molecule has 1 aromatic carbocycles. The Labute approximate surface area is 173 Å². The summed E-state index contributed by atoms with van der Waals surface area (Å²) in [5.41, 5.74) is 4.43. The Balaban J connectivity index is 1.70. The number of aromatic nitrogens is 3. The van der Waals surface area contributed by atoms with Crippen molar-refractivity contribution < 1.29 is 19.1 Å². The number of amides is 2. The second-order valence-electron chi connectivity index (χ2n) is 7.10. The van der Waals surface area contributed by atoms with Crippen molar-refractivity contribution in [2.24, 2.45) is 5.73 Å². The number of rotatable bonds is 7. The van der Waals surface area contributed by atoms with E-state index < -0.39 is 11.5 Å². The number of morpholine rings is 1. The molecule has 2 aromatic rings. The number of hydrogen-bond donors (Lipinski definition) is 1. The zero-order valence-electron chi connectivity index (χ0n) is 16.4. The first kappa shape index (κ1) is 21.1. The molecule has 0 radical (unpaired) electrons. The number of benzene rings is 1. The molecule has 10 heteroatoms. The molecule has 0 spiro atoms. The highest BCUT2D eigenvalue weighted by molar-refractivity contribution is 6.30. The van der Waals surface area contributed by atoms with Gasteiger partial charge in [0.05, 0.1) is 19.6 Å². The predicted octanol–water partition coefficient (Wildman–Crippen LogP) is 1.10. The molecule has 0 aliphatic carbocycles. The number of ether oxygens (including phenoxy) is 2. The molecule has 1 fully saturated rings. The molecule has 2 heterocycles. The van der Waals surface area contributed by atoms with E-state index in [0.29, 0.717) is 29.0 Å². The molecule has 2 amide bonds. The molecule has 2 N–H and O–H groups in total. The standard InChI is InChI=1S/C19H24ClN5O4/c1-13-22-14(2)25(23-13)10-18(27)24-7-8-29-19(11-24,9-17(21)26)12-28-16-5-3-15(20)4-6-16/h3-6H,7-12H2,1-2H3,(H2,21,26). The monoisotopic (exact) mass is 421 g/mol. The summed E-state index contributed by atoms with van der Waals surface area (Å²) < 4.78 is 13.3. The molecule has 1 unspecified atom stereocenters. The van der Waals surface area contributed by atoms with Crippen LogP contribution in [0.4, 0.5) is 0 Å². The van der Waals surface area contributed by atoms with E-state index in [-0.39, 0.29) is 38.6 Å². The Morgan fingerprint density at radius 3 is 2.66 bits per heavy atom. The molecule has 1 aliphatic rings. The van der Waals surface area contributed by atoms with Crippen molar-refractivity contribution in [1.82, 2.24) is 19.7 Å². The lowest BCUT2D eigenvalue weighted by Crippen LogP contribution is -2.58. The fourth-order valence-corrected chi connectivity index (χ4v) is 3.43. The molecule has 3 rings (SSSR count). The summed E-state index contributed by atoms with van der Waals surface area (Å²) in [7, 11) is 0. The lowest BCUT2D eigenvalue weighted by atomic mass is 9.97. The van der Waals surface area contributed by atoms with Crippen molar-refractivity contribution in [2.75, 3.05) is 26.3 Å². The Morgan fingerprint density at radius 1 is 1.31 bits per heavy atom. The van der Waals surface area contributed by atoms with Crippen LogP contribution in [0.3, 0.4) is 0 Å². The molecule has 1 atom stereocenters. The van der Waals surface area contributed by atoms with Crippen LogP contribution >= 0.6 is 11.6 Å². The predicted molar refractivity (Wildman–Crippen MR) is 106 cm³/mol. The van der Waals surface area contributed by atoms with Gasteiger partial charge >= 0.3 is 0 Å². The summed E-state index contributed by atoms with van der Waals surface area (Å²) in [6.45, 7) is 4.58. The fourth-order valence-electron chi connectivity index (χ4n) is 3.31. The van der Waals surface area contributed by atoms with Gasteiger partial charge in [0.15, 0.2) is 0 Å². The minimum absolute atomic E-state index is 0.0637. The van der Waals surface area contributed by atoms with E-state index in [9.17, 15) is 9.59 Å².